The smallest absolute Gasteiger partial charge is 0.0380 e. The van der Waals surface area contributed by atoms with Crippen molar-refractivity contribution in [3.05, 3.63) is 29.8 Å². The molecule has 1 nitrogen and oxygen atoms in total. The monoisotopic (exact) mass is 259 g/mol. The molecule has 0 bridgehead atoms. The summed E-state index contributed by atoms with van der Waals surface area (Å²) in [6.07, 6.45) is 6.79. The lowest BCUT2D eigenvalue weighted by Crippen LogP contribution is -2.22. The fourth-order valence-electron chi connectivity index (χ4n) is 3.11. The quantitative estimate of drug-likeness (QED) is 0.704. The number of hydrogen-bond acceptors (Lipinski definition) is 1. The van der Waals surface area contributed by atoms with Crippen LogP contribution in [-0.4, -0.2) is 6.04 Å². The largest absolute Gasteiger partial charge is 0.382 e. The highest BCUT2D eigenvalue weighted by molar-refractivity contribution is 5.54. The minimum atomic E-state index is 0.210. The van der Waals surface area contributed by atoms with Crippen molar-refractivity contribution >= 4 is 5.69 Å². The maximum absolute atomic E-state index is 3.82. The first kappa shape index (κ1) is 14.4. The molecule has 1 heteroatoms. The summed E-state index contributed by atoms with van der Waals surface area (Å²) in [5, 5.41) is 3.82. The topological polar surface area (TPSA) is 12.0 Å². The van der Waals surface area contributed by atoms with Crippen LogP contribution in [0.25, 0.3) is 0 Å². The van der Waals surface area contributed by atoms with Gasteiger partial charge in [-0.3, -0.25) is 0 Å². The van der Waals surface area contributed by atoms with Crippen molar-refractivity contribution in [3.63, 3.8) is 0 Å². The summed E-state index contributed by atoms with van der Waals surface area (Å²) in [5.41, 5.74) is 2.99. The molecule has 2 unspecified atom stereocenters. The zero-order valence-electron chi connectivity index (χ0n) is 13.0. The van der Waals surface area contributed by atoms with Crippen molar-refractivity contribution in [2.24, 2.45) is 5.92 Å². The molecule has 0 aliphatic heterocycles. The first-order chi connectivity index (χ1) is 8.97. The molecule has 1 aromatic carbocycles. The molecule has 0 saturated heterocycles. The summed E-state index contributed by atoms with van der Waals surface area (Å²) >= 11 is 0. The SMILES string of the molecule is CC1CCCC(Nc2ccccc2C(C)(C)C)CC1. The average molecular weight is 259 g/mol. The Morgan fingerprint density at radius 1 is 1.00 bits per heavy atom. The van der Waals surface area contributed by atoms with E-state index in [-0.39, 0.29) is 5.41 Å². The average Bonchev–Trinajstić information content (AvgIpc) is 2.54. The van der Waals surface area contributed by atoms with Gasteiger partial charge in [-0.05, 0) is 42.2 Å². The molecule has 1 aromatic rings. The van der Waals surface area contributed by atoms with Crippen LogP contribution in [0.1, 0.15) is 65.4 Å². The predicted octanol–water partition coefficient (Wildman–Crippen LogP) is 5.36. The fraction of sp³-hybridized carbons (Fsp3) is 0.667. The van der Waals surface area contributed by atoms with Gasteiger partial charge in [-0.1, -0.05) is 58.7 Å². The van der Waals surface area contributed by atoms with Crippen LogP contribution in [0.3, 0.4) is 0 Å². The van der Waals surface area contributed by atoms with Gasteiger partial charge in [-0.15, -0.1) is 0 Å². The zero-order valence-corrected chi connectivity index (χ0v) is 13.0. The molecule has 2 atom stereocenters. The van der Waals surface area contributed by atoms with E-state index in [1.807, 2.05) is 0 Å². The molecule has 2 rings (SSSR count). The molecule has 1 aliphatic rings. The van der Waals surface area contributed by atoms with E-state index in [0.29, 0.717) is 6.04 Å². The van der Waals surface area contributed by atoms with Crippen molar-refractivity contribution in [3.8, 4) is 0 Å². The van der Waals surface area contributed by atoms with Crippen LogP contribution in [0.5, 0.6) is 0 Å². The van der Waals surface area contributed by atoms with Crippen LogP contribution < -0.4 is 5.32 Å². The highest BCUT2D eigenvalue weighted by Gasteiger charge is 2.20. The van der Waals surface area contributed by atoms with Gasteiger partial charge in [0.25, 0.3) is 0 Å². The zero-order chi connectivity index (χ0) is 13.9. The van der Waals surface area contributed by atoms with Crippen molar-refractivity contribution in [1.82, 2.24) is 0 Å². The van der Waals surface area contributed by atoms with Crippen molar-refractivity contribution in [1.29, 1.82) is 0 Å². The Labute approximate surface area is 118 Å². The molecule has 0 amide bonds. The summed E-state index contributed by atoms with van der Waals surface area (Å²) in [5.74, 6) is 0.907. The van der Waals surface area contributed by atoms with Gasteiger partial charge in [0, 0.05) is 11.7 Å². The highest BCUT2D eigenvalue weighted by atomic mass is 14.9. The Morgan fingerprint density at radius 3 is 2.47 bits per heavy atom. The van der Waals surface area contributed by atoms with Crippen molar-refractivity contribution in [2.45, 2.75) is 71.3 Å². The second-order valence-electron chi connectivity index (χ2n) is 7.25. The Morgan fingerprint density at radius 2 is 1.74 bits per heavy atom. The molecule has 1 fully saturated rings. The van der Waals surface area contributed by atoms with E-state index in [4.69, 9.17) is 0 Å². The first-order valence-electron chi connectivity index (χ1n) is 7.83. The standard InChI is InChI=1S/C18H29N/c1-14-8-7-9-15(13-12-14)19-17-11-6-5-10-16(17)18(2,3)4/h5-6,10-11,14-15,19H,7-9,12-13H2,1-4H3. The van der Waals surface area contributed by atoms with Gasteiger partial charge in [0.2, 0.25) is 0 Å². The summed E-state index contributed by atoms with van der Waals surface area (Å²) in [6.45, 7) is 9.28. The Kier molecular flexibility index (Phi) is 4.54. The molecule has 0 aromatic heterocycles. The number of para-hydroxylation sites is 1. The van der Waals surface area contributed by atoms with Crippen LogP contribution in [0.4, 0.5) is 5.69 Å². The molecular formula is C18H29N. The number of rotatable bonds is 2. The predicted molar refractivity (Wildman–Crippen MR) is 84.8 cm³/mol. The van der Waals surface area contributed by atoms with Crippen LogP contribution >= 0.6 is 0 Å². The van der Waals surface area contributed by atoms with Gasteiger partial charge in [0.1, 0.15) is 0 Å². The minimum Gasteiger partial charge on any atom is -0.382 e. The fourth-order valence-corrected chi connectivity index (χ4v) is 3.11. The molecule has 19 heavy (non-hydrogen) atoms. The summed E-state index contributed by atoms with van der Waals surface area (Å²) in [6, 6.07) is 9.47. The van der Waals surface area contributed by atoms with E-state index in [9.17, 15) is 0 Å². The lowest BCUT2D eigenvalue weighted by molar-refractivity contribution is 0.501. The minimum absolute atomic E-state index is 0.210. The van der Waals surface area contributed by atoms with Gasteiger partial charge in [0.15, 0.2) is 0 Å². The second kappa shape index (κ2) is 5.98. The molecule has 0 heterocycles. The molecule has 106 valence electrons. The van der Waals surface area contributed by atoms with Gasteiger partial charge in [0.05, 0.1) is 0 Å². The highest BCUT2D eigenvalue weighted by Crippen LogP contribution is 2.31. The van der Waals surface area contributed by atoms with Gasteiger partial charge >= 0.3 is 0 Å². The normalized spacial score (nSPS) is 24.8. The van der Waals surface area contributed by atoms with Gasteiger partial charge in [-0.2, -0.15) is 0 Å². The third-order valence-electron chi connectivity index (χ3n) is 4.35. The van der Waals surface area contributed by atoms with E-state index in [1.54, 1.807) is 0 Å². The summed E-state index contributed by atoms with van der Waals surface area (Å²) in [7, 11) is 0. The van der Waals surface area contributed by atoms with Crippen LogP contribution in [0, 0.1) is 5.92 Å². The van der Waals surface area contributed by atoms with E-state index in [0.717, 1.165) is 5.92 Å². The molecule has 1 saturated carbocycles. The molecular weight excluding hydrogens is 230 g/mol. The molecule has 0 spiro atoms. The van der Waals surface area contributed by atoms with Gasteiger partial charge < -0.3 is 5.32 Å². The van der Waals surface area contributed by atoms with Crippen LogP contribution in [-0.2, 0) is 5.41 Å². The molecule has 1 N–H and O–H groups in total. The number of benzene rings is 1. The first-order valence-corrected chi connectivity index (χ1v) is 7.83. The third-order valence-corrected chi connectivity index (χ3v) is 4.35. The Hall–Kier alpha value is -0.980. The summed E-state index contributed by atoms with van der Waals surface area (Å²) in [4.78, 5) is 0. The Balaban J connectivity index is 2.10. The number of hydrogen-bond donors (Lipinski definition) is 1. The number of nitrogens with one attached hydrogen (secondary N) is 1. The van der Waals surface area contributed by atoms with E-state index >= 15 is 0 Å². The van der Waals surface area contributed by atoms with E-state index < -0.39 is 0 Å². The molecule has 1 aliphatic carbocycles. The maximum atomic E-state index is 3.82. The Bertz CT molecular complexity index is 402. The number of anilines is 1. The van der Waals surface area contributed by atoms with Crippen LogP contribution in [0.2, 0.25) is 0 Å². The lowest BCUT2D eigenvalue weighted by Gasteiger charge is -2.26. The third kappa shape index (κ3) is 3.99. The summed E-state index contributed by atoms with van der Waals surface area (Å²) < 4.78 is 0. The van der Waals surface area contributed by atoms with Crippen molar-refractivity contribution in [2.75, 3.05) is 5.32 Å². The maximum Gasteiger partial charge on any atom is 0.0380 e. The van der Waals surface area contributed by atoms with Crippen LogP contribution in [0.15, 0.2) is 24.3 Å². The van der Waals surface area contributed by atoms with E-state index in [1.165, 1.54) is 43.4 Å². The molecule has 0 radical (unpaired) electrons. The lowest BCUT2D eigenvalue weighted by atomic mass is 9.85. The second-order valence-corrected chi connectivity index (χ2v) is 7.25. The van der Waals surface area contributed by atoms with Gasteiger partial charge in [-0.25, -0.2) is 0 Å². The van der Waals surface area contributed by atoms with Crippen molar-refractivity contribution < 1.29 is 0 Å². The van der Waals surface area contributed by atoms with E-state index in [2.05, 4.69) is 57.3 Å².